The minimum atomic E-state index is -4.10. The highest BCUT2D eigenvalue weighted by Crippen LogP contribution is 2.45. The molecule has 1 aliphatic heterocycles. The van der Waals surface area contributed by atoms with Crippen molar-refractivity contribution < 1.29 is 35.9 Å². The zero-order valence-electron chi connectivity index (χ0n) is 14.9. The third-order valence-electron chi connectivity index (χ3n) is 4.08. The average Bonchev–Trinajstić information content (AvgIpc) is 2.99. The summed E-state index contributed by atoms with van der Waals surface area (Å²) in [5.41, 5.74) is 0.188. The molecule has 0 unspecified atom stereocenters. The number of sulfonamides is 1. The molecular formula is C14H20N2O8S3. The van der Waals surface area contributed by atoms with Crippen molar-refractivity contribution >= 4 is 43.3 Å². The lowest BCUT2D eigenvalue weighted by Gasteiger charge is -2.35. The molecule has 152 valence electrons. The topological polar surface area (TPSA) is 150 Å². The van der Waals surface area contributed by atoms with E-state index in [1.165, 1.54) is 17.9 Å². The van der Waals surface area contributed by atoms with Gasteiger partial charge in [0.2, 0.25) is 16.8 Å². The van der Waals surface area contributed by atoms with Gasteiger partial charge in [0.1, 0.15) is 8.42 Å². The number of fused-ring (bicyclic) bond motifs is 1. The number of nitrogens with two attached hydrogens (primary N) is 1. The molecule has 0 fully saturated rings. The van der Waals surface area contributed by atoms with Gasteiger partial charge >= 0.3 is 12.1 Å². The Kier molecular flexibility index (Phi) is 6.19. The predicted molar refractivity (Wildman–Crippen MR) is 95.2 cm³/mol. The van der Waals surface area contributed by atoms with E-state index in [0.717, 1.165) is 6.92 Å². The molecule has 1 aliphatic rings. The van der Waals surface area contributed by atoms with E-state index in [9.17, 15) is 26.4 Å². The molecule has 0 aliphatic carbocycles. The number of hydrogen-bond acceptors (Lipinski definition) is 9. The van der Waals surface area contributed by atoms with E-state index in [1.807, 2.05) is 0 Å². The third-order valence-corrected chi connectivity index (χ3v) is 9.40. The van der Waals surface area contributed by atoms with Crippen molar-refractivity contribution in [2.75, 3.05) is 13.3 Å². The molecule has 2 N–H and O–H groups in total. The van der Waals surface area contributed by atoms with Crippen LogP contribution in [0, 0.1) is 0 Å². The molecule has 0 bridgehead atoms. The quantitative estimate of drug-likeness (QED) is 0.526. The van der Waals surface area contributed by atoms with Gasteiger partial charge in [-0.05, 0) is 26.3 Å². The predicted octanol–water partition coefficient (Wildman–Crippen LogP) is 0.982. The summed E-state index contributed by atoms with van der Waals surface area (Å²) in [6.45, 7) is 3.89. The van der Waals surface area contributed by atoms with Crippen LogP contribution in [0.25, 0.3) is 0 Å². The molecule has 0 radical (unpaired) electrons. The molecule has 0 aromatic carbocycles. The van der Waals surface area contributed by atoms with Gasteiger partial charge in [-0.1, -0.05) is 0 Å². The molecule has 10 nitrogen and oxygen atoms in total. The highest BCUT2D eigenvalue weighted by atomic mass is 32.3. The Labute approximate surface area is 161 Å². The van der Waals surface area contributed by atoms with Crippen molar-refractivity contribution in [3.8, 4) is 0 Å². The molecule has 2 heterocycles. The highest BCUT2D eigenvalue weighted by Gasteiger charge is 2.42. The number of nitrogens with zero attached hydrogens (tertiary/aromatic N) is 1. The van der Waals surface area contributed by atoms with Gasteiger partial charge in [0.15, 0.2) is 9.84 Å². The van der Waals surface area contributed by atoms with Crippen LogP contribution in [0.2, 0.25) is 0 Å². The van der Waals surface area contributed by atoms with E-state index < -0.39 is 50.0 Å². The first-order valence-electron chi connectivity index (χ1n) is 7.86. The normalized spacial score (nSPS) is 21.2. The van der Waals surface area contributed by atoms with Crippen molar-refractivity contribution in [3.63, 3.8) is 0 Å². The number of amides is 1. The number of sulfone groups is 1. The van der Waals surface area contributed by atoms with Crippen LogP contribution in [0.3, 0.4) is 0 Å². The highest BCUT2D eigenvalue weighted by molar-refractivity contribution is 7.95. The second kappa shape index (κ2) is 7.73. The van der Waals surface area contributed by atoms with Crippen LogP contribution in [0.4, 0.5) is 4.79 Å². The fourth-order valence-corrected chi connectivity index (χ4v) is 7.13. The summed E-state index contributed by atoms with van der Waals surface area (Å²) >= 11 is 0.569. The van der Waals surface area contributed by atoms with Crippen LogP contribution < -0.4 is 5.14 Å². The van der Waals surface area contributed by atoms with E-state index >= 15 is 0 Å². The SMILES string of the molecule is CCN(C(=O)OCOC(C)=O)[C@H]1C[C@H](C)S(=O)(=O)c2sc(S(N)(=O)=O)cc21. The summed E-state index contributed by atoms with van der Waals surface area (Å²) in [5.74, 6) is -0.624. The maximum Gasteiger partial charge on any atom is 0.413 e. The molecule has 0 spiro atoms. The summed E-state index contributed by atoms with van der Waals surface area (Å²) in [7, 11) is -7.84. The number of hydrogen-bond donors (Lipinski definition) is 1. The zero-order chi connectivity index (χ0) is 20.6. The lowest BCUT2D eigenvalue weighted by atomic mass is 10.0. The lowest BCUT2D eigenvalue weighted by Crippen LogP contribution is -2.40. The minimum Gasteiger partial charge on any atom is -0.428 e. The van der Waals surface area contributed by atoms with Crippen LogP contribution >= 0.6 is 11.3 Å². The van der Waals surface area contributed by atoms with Gasteiger partial charge in [0, 0.05) is 19.0 Å². The fourth-order valence-electron chi connectivity index (χ4n) is 2.73. The molecule has 1 aromatic heterocycles. The van der Waals surface area contributed by atoms with Crippen LogP contribution in [0.1, 0.15) is 38.8 Å². The maximum absolute atomic E-state index is 12.6. The van der Waals surface area contributed by atoms with Gasteiger partial charge < -0.3 is 14.4 Å². The summed E-state index contributed by atoms with van der Waals surface area (Å²) in [6, 6.07) is 0.464. The minimum absolute atomic E-state index is 0.0621. The molecule has 13 heteroatoms. The number of carbonyl (C=O) groups is 2. The van der Waals surface area contributed by atoms with E-state index in [1.54, 1.807) is 6.92 Å². The molecule has 2 rings (SSSR count). The molecule has 2 atom stereocenters. The first-order valence-corrected chi connectivity index (χ1v) is 11.8. The second-order valence-electron chi connectivity index (χ2n) is 5.91. The standard InChI is InChI=1S/C14H20N2O8S3/c1-4-16(14(18)24-7-23-9(3)17)11-5-8(2)26(19,20)13-10(11)6-12(25-13)27(15,21)22/h6,8,11H,4-5,7H2,1-3H3,(H2,15,21,22)/t8-,11-/m0/s1. The monoisotopic (exact) mass is 440 g/mol. The Morgan fingerprint density at radius 3 is 2.52 bits per heavy atom. The summed E-state index contributed by atoms with van der Waals surface area (Å²) in [5, 5.41) is 4.30. The Morgan fingerprint density at radius 1 is 1.37 bits per heavy atom. The van der Waals surface area contributed by atoms with E-state index in [4.69, 9.17) is 9.88 Å². The number of ether oxygens (including phenoxy) is 2. The second-order valence-corrected chi connectivity index (χ2v) is 11.3. The van der Waals surface area contributed by atoms with E-state index in [0.29, 0.717) is 11.3 Å². The van der Waals surface area contributed by atoms with Crippen molar-refractivity contribution in [2.24, 2.45) is 5.14 Å². The Bertz CT molecular complexity index is 951. The van der Waals surface area contributed by atoms with E-state index in [-0.39, 0.29) is 26.9 Å². The van der Waals surface area contributed by atoms with Crippen LogP contribution in [-0.2, 0) is 34.1 Å². The summed E-state index contributed by atoms with van der Waals surface area (Å²) < 4.78 is 57.6. The Balaban J connectivity index is 2.43. The molecular weight excluding hydrogens is 420 g/mol. The number of rotatable bonds is 5. The number of primary sulfonamides is 1. The van der Waals surface area contributed by atoms with Gasteiger partial charge in [0.25, 0.3) is 0 Å². The van der Waals surface area contributed by atoms with Gasteiger partial charge in [-0.2, -0.15) is 0 Å². The number of esters is 1. The zero-order valence-corrected chi connectivity index (χ0v) is 17.3. The fraction of sp³-hybridized carbons (Fsp3) is 0.571. The van der Waals surface area contributed by atoms with Crippen LogP contribution in [-0.4, -0.2) is 52.4 Å². The van der Waals surface area contributed by atoms with Crippen LogP contribution in [0.5, 0.6) is 0 Å². The van der Waals surface area contributed by atoms with Gasteiger partial charge in [-0.15, -0.1) is 11.3 Å². The first kappa shape index (κ1) is 21.6. The largest absolute Gasteiger partial charge is 0.428 e. The van der Waals surface area contributed by atoms with Crippen molar-refractivity contribution in [1.82, 2.24) is 4.90 Å². The number of carbonyl (C=O) groups excluding carboxylic acids is 2. The van der Waals surface area contributed by atoms with Gasteiger partial charge in [0.05, 0.1) is 11.3 Å². The smallest absolute Gasteiger partial charge is 0.413 e. The molecule has 1 aromatic rings. The van der Waals surface area contributed by atoms with Gasteiger partial charge in [-0.3, -0.25) is 4.79 Å². The first-order chi connectivity index (χ1) is 12.4. The molecule has 1 amide bonds. The van der Waals surface area contributed by atoms with Crippen LogP contribution in [0.15, 0.2) is 14.5 Å². The van der Waals surface area contributed by atoms with Gasteiger partial charge in [-0.25, -0.2) is 26.8 Å². The van der Waals surface area contributed by atoms with Crippen molar-refractivity contribution in [2.45, 2.75) is 46.9 Å². The van der Waals surface area contributed by atoms with E-state index in [2.05, 4.69) is 4.74 Å². The molecule has 0 saturated heterocycles. The summed E-state index contributed by atoms with van der Waals surface area (Å²) in [6.07, 6.45) is -0.753. The lowest BCUT2D eigenvalue weighted by molar-refractivity contribution is -0.149. The third kappa shape index (κ3) is 4.42. The Morgan fingerprint density at radius 2 is 2.00 bits per heavy atom. The van der Waals surface area contributed by atoms with Crippen molar-refractivity contribution in [1.29, 1.82) is 0 Å². The number of thiophene rings is 1. The molecule has 27 heavy (non-hydrogen) atoms. The van der Waals surface area contributed by atoms with Crippen molar-refractivity contribution in [3.05, 3.63) is 11.6 Å². The summed E-state index contributed by atoms with van der Waals surface area (Å²) in [4.78, 5) is 24.4. The molecule has 0 saturated carbocycles. The maximum atomic E-state index is 12.6. The average molecular weight is 441 g/mol. The Hall–Kier alpha value is -1.70.